The first-order valence-electron chi connectivity index (χ1n) is 6.08. The second kappa shape index (κ2) is 6.93. The molecule has 21 heavy (non-hydrogen) atoms. The maximum atomic E-state index is 11.5. The lowest BCUT2D eigenvalue weighted by atomic mass is 10.3. The molecule has 2 N–H and O–H groups in total. The zero-order chi connectivity index (χ0) is 15.2. The smallest absolute Gasteiger partial charge is 0.277 e. The van der Waals surface area contributed by atoms with Gasteiger partial charge in [-0.2, -0.15) is 0 Å². The number of nitrogens with zero attached hydrogens (tertiary/aromatic N) is 2. The Kier molecular flexibility index (Phi) is 4.99. The van der Waals surface area contributed by atoms with Crippen molar-refractivity contribution in [1.29, 1.82) is 0 Å². The number of hydrogen-bond donors (Lipinski definition) is 2. The van der Waals surface area contributed by atoms with E-state index in [4.69, 9.17) is 8.83 Å². The Bertz CT molecular complexity index is 637. The molecule has 2 aromatic heterocycles. The van der Waals surface area contributed by atoms with E-state index >= 15 is 0 Å². The molecule has 0 aliphatic rings. The lowest BCUT2D eigenvalue weighted by Gasteiger charge is -2.02. The lowest BCUT2D eigenvalue weighted by molar-refractivity contribution is -0.124. The van der Waals surface area contributed by atoms with Gasteiger partial charge in [-0.25, -0.2) is 0 Å². The molecule has 0 spiro atoms. The van der Waals surface area contributed by atoms with Crippen molar-refractivity contribution in [3.8, 4) is 11.5 Å². The molecular weight excluding hydrogens is 296 g/mol. The SMILES string of the molecule is CNC(=O)CNC(=O)CSc1nnc(-c2ccoc2C)o1. The van der Waals surface area contributed by atoms with Crippen molar-refractivity contribution in [2.45, 2.75) is 12.1 Å². The number of nitrogens with one attached hydrogen (secondary N) is 2. The molecule has 2 heterocycles. The quantitative estimate of drug-likeness (QED) is 0.751. The highest BCUT2D eigenvalue weighted by molar-refractivity contribution is 7.99. The Morgan fingerprint density at radius 2 is 2.14 bits per heavy atom. The van der Waals surface area contributed by atoms with E-state index < -0.39 is 0 Å². The van der Waals surface area contributed by atoms with Gasteiger partial charge in [-0.15, -0.1) is 10.2 Å². The van der Waals surface area contributed by atoms with E-state index in [-0.39, 0.29) is 29.3 Å². The standard InChI is InChI=1S/C12H14N4O4S/c1-7-8(3-4-19-7)11-15-16-12(20-11)21-6-10(18)14-5-9(17)13-2/h3-4H,5-6H2,1-2H3,(H,13,17)(H,14,18). The van der Waals surface area contributed by atoms with Crippen LogP contribution in [0.1, 0.15) is 5.76 Å². The first kappa shape index (κ1) is 15.1. The molecule has 0 unspecified atom stereocenters. The van der Waals surface area contributed by atoms with Crippen molar-refractivity contribution in [3.05, 3.63) is 18.1 Å². The third-order valence-electron chi connectivity index (χ3n) is 2.55. The zero-order valence-electron chi connectivity index (χ0n) is 11.5. The summed E-state index contributed by atoms with van der Waals surface area (Å²) in [5.41, 5.74) is 0.721. The number of amides is 2. The van der Waals surface area contributed by atoms with Gasteiger partial charge >= 0.3 is 0 Å². The van der Waals surface area contributed by atoms with Crippen LogP contribution < -0.4 is 10.6 Å². The van der Waals surface area contributed by atoms with Gasteiger partial charge in [0.2, 0.25) is 11.8 Å². The van der Waals surface area contributed by atoms with Crippen LogP contribution in [0.3, 0.4) is 0 Å². The van der Waals surface area contributed by atoms with E-state index in [9.17, 15) is 9.59 Å². The van der Waals surface area contributed by atoms with Crippen molar-refractivity contribution in [1.82, 2.24) is 20.8 Å². The van der Waals surface area contributed by atoms with Gasteiger partial charge in [-0.1, -0.05) is 11.8 Å². The largest absolute Gasteiger partial charge is 0.469 e. The average molecular weight is 310 g/mol. The van der Waals surface area contributed by atoms with E-state index in [0.717, 1.165) is 17.3 Å². The number of furan rings is 1. The predicted octanol–water partition coefficient (Wildman–Crippen LogP) is 0.592. The first-order valence-corrected chi connectivity index (χ1v) is 7.06. The van der Waals surface area contributed by atoms with Gasteiger partial charge in [0.1, 0.15) is 5.76 Å². The van der Waals surface area contributed by atoms with Crippen molar-refractivity contribution in [3.63, 3.8) is 0 Å². The van der Waals surface area contributed by atoms with Gasteiger partial charge in [0.15, 0.2) is 0 Å². The monoisotopic (exact) mass is 310 g/mol. The van der Waals surface area contributed by atoms with Crippen LogP contribution in [0.2, 0.25) is 0 Å². The zero-order valence-corrected chi connectivity index (χ0v) is 12.3. The fourth-order valence-corrected chi connectivity index (χ4v) is 2.02. The fourth-order valence-electron chi connectivity index (χ4n) is 1.43. The molecule has 0 aromatic carbocycles. The van der Waals surface area contributed by atoms with Crippen LogP contribution in [0.25, 0.3) is 11.5 Å². The van der Waals surface area contributed by atoms with Crippen LogP contribution in [0.4, 0.5) is 0 Å². The normalized spacial score (nSPS) is 10.4. The minimum Gasteiger partial charge on any atom is -0.469 e. The van der Waals surface area contributed by atoms with Crippen LogP contribution >= 0.6 is 11.8 Å². The molecule has 0 bridgehead atoms. The summed E-state index contributed by atoms with van der Waals surface area (Å²) < 4.78 is 10.6. The molecule has 2 amide bonds. The molecule has 0 aliphatic heterocycles. The first-order chi connectivity index (χ1) is 10.1. The molecule has 2 aromatic rings. The second-order valence-corrected chi connectivity index (χ2v) is 4.93. The maximum absolute atomic E-state index is 11.5. The number of rotatable bonds is 6. The number of carbonyl (C=O) groups excluding carboxylic acids is 2. The summed E-state index contributed by atoms with van der Waals surface area (Å²) in [6.45, 7) is 1.73. The molecule has 0 atom stereocenters. The van der Waals surface area contributed by atoms with Crippen molar-refractivity contribution < 1.29 is 18.4 Å². The summed E-state index contributed by atoms with van der Waals surface area (Å²) in [6.07, 6.45) is 1.54. The van der Waals surface area contributed by atoms with Gasteiger partial charge in [0.05, 0.1) is 24.1 Å². The Labute approximate surface area is 124 Å². The molecule has 0 aliphatic carbocycles. The fraction of sp³-hybridized carbons (Fsp3) is 0.333. The number of aryl methyl sites for hydroxylation is 1. The summed E-state index contributed by atoms with van der Waals surface area (Å²) in [5, 5.41) is 12.9. The maximum Gasteiger partial charge on any atom is 0.277 e. The molecule has 0 saturated heterocycles. The molecule has 0 fully saturated rings. The van der Waals surface area contributed by atoms with Crippen LogP contribution in [-0.2, 0) is 9.59 Å². The predicted molar refractivity (Wildman–Crippen MR) is 74.5 cm³/mol. The van der Waals surface area contributed by atoms with Crippen molar-refractivity contribution >= 4 is 23.6 Å². The van der Waals surface area contributed by atoms with Crippen LogP contribution in [0.5, 0.6) is 0 Å². The highest BCUT2D eigenvalue weighted by Crippen LogP contribution is 2.25. The summed E-state index contributed by atoms with van der Waals surface area (Å²) in [6, 6.07) is 1.73. The van der Waals surface area contributed by atoms with Gasteiger partial charge in [0.25, 0.3) is 11.1 Å². The second-order valence-electron chi connectivity index (χ2n) is 4.00. The molecule has 0 saturated carbocycles. The van der Waals surface area contributed by atoms with E-state index in [2.05, 4.69) is 20.8 Å². The Morgan fingerprint density at radius 3 is 2.81 bits per heavy atom. The molecule has 8 nitrogen and oxygen atoms in total. The summed E-state index contributed by atoms with van der Waals surface area (Å²) in [5.74, 6) is 0.558. The van der Waals surface area contributed by atoms with Gasteiger partial charge < -0.3 is 19.5 Å². The van der Waals surface area contributed by atoms with Gasteiger partial charge in [-0.3, -0.25) is 9.59 Å². The molecule has 2 rings (SSSR count). The van der Waals surface area contributed by atoms with E-state index in [1.807, 2.05) is 0 Å². The third-order valence-corrected chi connectivity index (χ3v) is 3.37. The minimum absolute atomic E-state index is 0.0564. The molecule has 0 radical (unpaired) electrons. The van der Waals surface area contributed by atoms with Gasteiger partial charge in [0, 0.05) is 7.05 Å². The van der Waals surface area contributed by atoms with Crippen LogP contribution in [0, 0.1) is 6.92 Å². The topological polar surface area (TPSA) is 110 Å². The van der Waals surface area contributed by atoms with Gasteiger partial charge in [-0.05, 0) is 13.0 Å². The van der Waals surface area contributed by atoms with Crippen LogP contribution in [-0.4, -0.2) is 41.4 Å². The van der Waals surface area contributed by atoms with Crippen molar-refractivity contribution in [2.75, 3.05) is 19.3 Å². The Hall–Kier alpha value is -2.29. The molecule has 112 valence electrons. The number of aromatic nitrogens is 2. The highest BCUT2D eigenvalue weighted by Gasteiger charge is 2.14. The Morgan fingerprint density at radius 1 is 1.33 bits per heavy atom. The number of hydrogen-bond acceptors (Lipinski definition) is 7. The third kappa shape index (κ3) is 4.09. The number of carbonyl (C=O) groups is 2. The van der Waals surface area contributed by atoms with E-state index in [1.54, 1.807) is 13.0 Å². The number of likely N-dealkylation sites (N-methyl/N-ethyl adjacent to an activating group) is 1. The summed E-state index contributed by atoms with van der Waals surface area (Å²) in [4.78, 5) is 22.5. The van der Waals surface area contributed by atoms with E-state index in [1.165, 1.54) is 13.3 Å². The summed E-state index contributed by atoms with van der Waals surface area (Å²) >= 11 is 1.10. The number of thioether (sulfide) groups is 1. The van der Waals surface area contributed by atoms with E-state index in [0.29, 0.717) is 11.7 Å². The van der Waals surface area contributed by atoms with Crippen molar-refractivity contribution in [2.24, 2.45) is 0 Å². The molecular formula is C12H14N4O4S. The molecule has 9 heteroatoms. The highest BCUT2D eigenvalue weighted by atomic mass is 32.2. The Balaban J connectivity index is 1.85. The minimum atomic E-state index is -0.289. The average Bonchev–Trinajstić information content (AvgIpc) is 3.10. The van der Waals surface area contributed by atoms with Crippen LogP contribution in [0.15, 0.2) is 26.4 Å². The lowest BCUT2D eigenvalue weighted by Crippen LogP contribution is -2.35. The summed E-state index contributed by atoms with van der Waals surface area (Å²) in [7, 11) is 1.50.